The molecular formula is C15H23ClN2O2. The molecule has 1 aromatic carbocycles. The number of benzene rings is 1. The van der Waals surface area contributed by atoms with Gasteiger partial charge in [0.2, 0.25) is 0 Å². The lowest BCUT2D eigenvalue weighted by Crippen LogP contribution is -2.18. The van der Waals surface area contributed by atoms with Crippen molar-refractivity contribution in [2.75, 3.05) is 6.61 Å². The summed E-state index contributed by atoms with van der Waals surface area (Å²) in [7, 11) is 0. The topological polar surface area (TPSA) is 67.8 Å². The summed E-state index contributed by atoms with van der Waals surface area (Å²) in [4.78, 5) is 0. The summed E-state index contributed by atoms with van der Waals surface area (Å²) in [6.45, 7) is 4.95. The lowest BCUT2D eigenvalue weighted by molar-refractivity contribution is 0.233. The molecule has 112 valence electrons. The second-order valence-electron chi connectivity index (χ2n) is 4.83. The van der Waals surface area contributed by atoms with Crippen molar-refractivity contribution in [3.8, 4) is 5.75 Å². The molecule has 0 aliphatic carbocycles. The molecule has 20 heavy (non-hydrogen) atoms. The van der Waals surface area contributed by atoms with Gasteiger partial charge in [-0.15, -0.1) is 0 Å². The molecule has 3 N–H and O–H groups in total. The molecule has 0 aliphatic rings. The van der Waals surface area contributed by atoms with Gasteiger partial charge in [0, 0.05) is 0 Å². The number of ether oxygens (including phenoxy) is 1. The molecule has 1 atom stereocenters. The van der Waals surface area contributed by atoms with Gasteiger partial charge < -0.3 is 15.7 Å². The van der Waals surface area contributed by atoms with E-state index < -0.39 is 0 Å². The van der Waals surface area contributed by atoms with Gasteiger partial charge in [-0.05, 0) is 24.5 Å². The monoisotopic (exact) mass is 298 g/mol. The fourth-order valence-corrected chi connectivity index (χ4v) is 2.29. The number of rotatable bonds is 8. The highest BCUT2D eigenvalue weighted by Crippen LogP contribution is 2.27. The smallest absolute Gasteiger partial charge is 0.175 e. The molecule has 5 heteroatoms. The van der Waals surface area contributed by atoms with Gasteiger partial charge in [0.25, 0.3) is 0 Å². The average Bonchev–Trinajstić information content (AvgIpc) is 2.46. The molecule has 0 aromatic heterocycles. The van der Waals surface area contributed by atoms with Crippen molar-refractivity contribution in [2.24, 2.45) is 16.8 Å². The van der Waals surface area contributed by atoms with E-state index in [1.165, 1.54) is 12.8 Å². The van der Waals surface area contributed by atoms with E-state index in [1.807, 2.05) is 0 Å². The van der Waals surface area contributed by atoms with Crippen molar-refractivity contribution >= 4 is 17.4 Å². The zero-order valence-electron chi connectivity index (χ0n) is 12.1. The quantitative estimate of drug-likeness (QED) is 0.329. The average molecular weight is 299 g/mol. The highest BCUT2D eigenvalue weighted by molar-refractivity contribution is 6.34. The Labute approximate surface area is 125 Å². The standard InChI is InChI=1S/C15H23ClN2O2/c1-3-5-7-11(4-2)10-20-13-9-6-8-12(16)14(13)15(17)18-19/h6,8-9,11,19H,3-5,7,10H2,1-2H3,(H2,17,18). The Morgan fingerprint density at radius 1 is 1.45 bits per heavy atom. The van der Waals surface area contributed by atoms with Crippen LogP contribution in [0.25, 0.3) is 0 Å². The third-order valence-electron chi connectivity index (χ3n) is 3.36. The highest BCUT2D eigenvalue weighted by Gasteiger charge is 2.14. The van der Waals surface area contributed by atoms with E-state index in [2.05, 4.69) is 19.0 Å². The molecule has 0 amide bonds. The first-order valence-corrected chi connectivity index (χ1v) is 7.41. The van der Waals surface area contributed by atoms with Crippen LogP contribution in [0.1, 0.15) is 45.1 Å². The zero-order chi connectivity index (χ0) is 15.0. The van der Waals surface area contributed by atoms with Crippen molar-refractivity contribution in [1.82, 2.24) is 0 Å². The maximum Gasteiger partial charge on any atom is 0.175 e. The predicted octanol–water partition coefficient (Wildman–Crippen LogP) is 4.03. The predicted molar refractivity (Wildman–Crippen MR) is 82.8 cm³/mol. The lowest BCUT2D eigenvalue weighted by atomic mass is 10.0. The van der Waals surface area contributed by atoms with Crippen LogP contribution in [0.4, 0.5) is 0 Å². The van der Waals surface area contributed by atoms with Crippen LogP contribution < -0.4 is 10.5 Å². The molecule has 0 bridgehead atoms. The number of hydrogen-bond acceptors (Lipinski definition) is 3. The molecule has 1 aromatic rings. The lowest BCUT2D eigenvalue weighted by Gasteiger charge is -2.17. The summed E-state index contributed by atoms with van der Waals surface area (Å²) in [6, 6.07) is 5.26. The fraction of sp³-hybridized carbons (Fsp3) is 0.533. The summed E-state index contributed by atoms with van der Waals surface area (Å²) in [5.74, 6) is 1.03. The van der Waals surface area contributed by atoms with Crippen LogP contribution >= 0.6 is 11.6 Å². The van der Waals surface area contributed by atoms with E-state index in [1.54, 1.807) is 18.2 Å². The number of hydrogen-bond donors (Lipinski definition) is 2. The Hall–Kier alpha value is -1.42. The van der Waals surface area contributed by atoms with E-state index in [9.17, 15) is 0 Å². The van der Waals surface area contributed by atoms with Crippen LogP contribution in [0.5, 0.6) is 5.75 Å². The van der Waals surface area contributed by atoms with Gasteiger partial charge in [-0.1, -0.05) is 55.9 Å². The van der Waals surface area contributed by atoms with Crippen LogP contribution in [0, 0.1) is 5.92 Å². The van der Waals surface area contributed by atoms with Gasteiger partial charge in [-0.2, -0.15) is 0 Å². The Morgan fingerprint density at radius 2 is 2.20 bits per heavy atom. The van der Waals surface area contributed by atoms with Crippen LogP contribution in [-0.4, -0.2) is 17.6 Å². The minimum absolute atomic E-state index is 0.0350. The minimum Gasteiger partial charge on any atom is -0.492 e. The van der Waals surface area contributed by atoms with Crippen molar-refractivity contribution in [2.45, 2.75) is 39.5 Å². The maximum absolute atomic E-state index is 8.83. The van der Waals surface area contributed by atoms with Crippen molar-refractivity contribution in [3.05, 3.63) is 28.8 Å². The fourth-order valence-electron chi connectivity index (χ4n) is 2.03. The minimum atomic E-state index is -0.0350. The molecule has 0 radical (unpaired) electrons. The number of nitrogens with zero attached hydrogens (tertiary/aromatic N) is 1. The first-order valence-electron chi connectivity index (χ1n) is 7.03. The number of oxime groups is 1. The first kappa shape index (κ1) is 16.6. The SMILES string of the molecule is CCCCC(CC)COc1cccc(Cl)c1C(N)=NO. The van der Waals surface area contributed by atoms with Gasteiger partial charge in [0.1, 0.15) is 5.75 Å². The Kier molecular flexibility index (Phi) is 7.23. The highest BCUT2D eigenvalue weighted by atomic mass is 35.5. The van der Waals surface area contributed by atoms with E-state index in [4.69, 9.17) is 27.3 Å². The normalized spacial score (nSPS) is 13.2. The Morgan fingerprint density at radius 3 is 2.80 bits per heavy atom. The van der Waals surface area contributed by atoms with Crippen LogP contribution in [0.15, 0.2) is 23.4 Å². The van der Waals surface area contributed by atoms with Crippen LogP contribution in [0.2, 0.25) is 5.02 Å². The van der Waals surface area contributed by atoms with Crippen molar-refractivity contribution in [3.63, 3.8) is 0 Å². The first-order chi connectivity index (χ1) is 9.63. The second-order valence-corrected chi connectivity index (χ2v) is 5.23. The molecule has 0 heterocycles. The number of nitrogens with two attached hydrogens (primary N) is 1. The van der Waals surface area contributed by atoms with Crippen LogP contribution in [0.3, 0.4) is 0 Å². The molecule has 0 aliphatic heterocycles. The third-order valence-corrected chi connectivity index (χ3v) is 3.67. The van der Waals surface area contributed by atoms with Gasteiger partial charge in [0.05, 0.1) is 17.2 Å². The second kappa shape index (κ2) is 8.69. The van der Waals surface area contributed by atoms with Gasteiger partial charge in [-0.25, -0.2) is 0 Å². The number of unbranched alkanes of at least 4 members (excludes halogenated alkanes) is 1. The molecule has 0 saturated heterocycles. The zero-order valence-corrected chi connectivity index (χ0v) is 12.9. The third kappa shape index (κ3) is 4.60. The van der Waals surface area contributed by atoms with Crippen molar-refractivity contribution < 1.29 is 9.94 Å². The summed E-state index contributed by atoms with van der Waals surface area (Å²) in [5, 5.41) is 12.2. The molecule has 0 fully saturated rings. The van der Waals surface area contributed by atoms with E-state index in [0.29, 0.717) is 28.9 Å². The molecule has 4 nitrogen and oxygen atoms in total. The number of amidine groups is 1. The van der Waals surface area contributed by atoms with Crippen LogP contribution in [-0.2, 0) is 0 Å². The van der Waals surface area contributed by atoms with Gasteiger partial charge in [0.15, 0.2) is 5.84 Å². The van der Waals surface area contributed by atoms with Gasteiger partial charge in [-0.3, -0.25) is 0 Å². The largest absolute Gasteiger partial charge is 0.492 e. The number of halogens is 1. The summed E-state index contributed by atoms with van der Waals surface area (Å²) >= 11 is 6.08. The van der Waals surface area contributed by atoms with E-state index >= 15 is 0 Å². The van der Waals surface area contributed by atoms with Crippen molar-refractivity contribution in [1.29, 1.82) is 0 Å². The van der Waals surface area contributed by atoms with E-state index in [0.717, 1.165) is 12.8 Å². The Bertz CT molecular complexity index is 449. The summed E-state index contributed by atoms with van der Waals surface area (Å²) in [6.07, 6.45) is 4.60. The molecule has 1 unspecified atom stereocenters. The Balaban J connectivity index is 2.79. The summed E-state index contributed by atoms with van der Waals surface area (Å²) in [5.41, 5.74) is 6.10. The molecule has 1 rings (SSSR count). The van der Waals surface area contributed by atoms with E-state index in [-0.39, 0.29) is 5.84 Å². The summed E-state index contributed by atoms with van der Waals surface area (Å²) < 4.78 is 5.83. The molecule has 0 saturated carbocycles. The molecular weight excluding hydrogens is 276 g/mol. The maximum atomic E-state index is 8.83. The van der Waals surface area contributed by atoms with Gasteiger partial charge >= 0.3 is 0 Å². The molecule has 0 spiro atoms.